The van der Waals surface area contributed by atoms with Crippen molar-refractivity contribution in [1.82, 2.24) is 10.5 Å². The largest absolute Gasteiger partial charge is 0.481 e. The zero-order chi connectivity index (χ0) is 15.6. The number of hydrogen-bond donors (Lipinski definition) is 2. The Hall–Kier alpha value is -2.42. The van der Waals surface area contributed by atoms with E-state index in [-0.39, 0.29) is 34.1 Å². The molecule has 1 heterocycles. The second-order valence-corrected chi connectivity index (χ2v) is 5.15. The third-order valence-corrected chi connectivity index (χ3v) is 3.67. The topological polar surface area (TPSA) is 127 Å². The molecule has 2 rings (SSSR count). The number of carboxylic acid groups (broad SMARTS) is 1. The highest BCUT2D eigenvalue weighted by Crippen LogP contribution is 2.30. The highest BCUT2D eigenvalue weighted by atomic mass is 32.2. The summed E-state index contributed by atoms with van der Waals surface area (Å²) in [6.07, 6.45) is 0.915. The number of carboxylic acids is 1. The van der Waals surface area contributed by atoms with Crippen molar-refractivity contribution >= 4 is 35.2 Å². The average molecular weight is 310 g/mol. The van der Waals surface area contributed by atoms with E-state index in [9.17, 15) is 19.2 Å². The van der Waals surface area contributed by atoms with E-state index in [1.807, 2.05) is 0 Å². The second-order valence-electron chi connectivity index (χ2n) is 4.01. The Balaban J connectivity index is 2.29. The van der Waals surface area contributed by atoms with Gasteiger partial charge in [-0.05, 0) is 0 Å². The molecule has 0 fully saturated rings. The minimum atomic E-state index is -1.01. The van der Waals surface area contributed by atoms with Crippen molar-refractivity contribution in [3.05, 3.63) is 28.0 Å². The van der Waals surface area contributed by atoms with E-state index >= 15 is 0 Å². The molecule has 21 heavy (non-hydrogen) atoms. The van der Waals surface area contributed by atoms with E-state index in [1.54, 1.807) is 0 Å². The van der Waals surface area contributed by atoms with Crippen molar-refractivity contribution in [1.29, 1.82) is 0 Å². The summed E-state index contributed by atoms with van der Waals surface area (Å²) < 4.78 is 4.75. The van der Waals surface area contributed by atoms with E-state index in [2.05, 4.69) is 10.5 Å². The van der Waals surface area contributed by atoms with Crippen LogP contribution in [0.15, 0.2) is 15.5 Å². The fraction of sp³-hybridized carbons (Fsp3) is 0.250. The van der Waals surface area contributed by atoms with E-state index in [0.717, 1.165) is 17.8 Å². The van der Waals surface area contributed by atoms with Crippen molar-refractivity contribution in [2.24, 2.45) is 0 Å². The summed E-state index contributed by atoms with van der Waals surface area (Å²) in [7, 11) is 1.36. The molecule has 110 valence electrons. The van der Waals surface area contributed by atoms with Gasteiger partial charge in [0.05, 0.1) is 11.3 Å². The average Bonchev–Trinajstić information content (AvgIpc) is 2.88. The number of rotatable bonds is 5. The van der Waals surface area contributed by atoms with Crippen LogP contribution in [0.4, 0.5) is 0 Å². The van der Waals surface area contributed by atoms with Gasteiger partial charge in [-0.15, -0.1) is 11.8 Å². The van der Waals surface area contributed by atoms with Gasteiger partial charge in [0.1, 0.15) is 5.56 Å². The number of carbonyl (C=O) groups excluding carboxylic acids is 3. The maximum absolute atomic E-state index is 12.3. The Morgan fingerprint density at radius 2 is 2.14 bits per heavy atom. The van der Waals surface area contributed by atoms with Crippen LogP contribution in [-0.2, 0) is 4.79 Å². The summed E-state index contributed by atoms with van der Waals surface area (Å²) in [5.41, 5.74) is -0.435. The third kappa shape index (κ3) is 2.87. The van der Waals surface area contributed by atoms with Gasteiger partial charge in [-0.1, -0.05) is 5.16 Å². The van der Waals surface area contributed by atoms with Crippen molar-refractivity contribution in [2.75, 3.05) is 12.8 Å². The molecule has 8 nitrogen and oxygen atoms in total. The van der Waals surface area contributed by atoms with Gasteiger partial charge in [-0.25, -0.2) is 0 Å². The molecule has 1 aromatic heterocycles. The molecule has 0 unspecified atom stereocenters. The normalized spacial score (nSPS) is 13.7. The van der Waals surface area contributed by atoms with Gasteiger partial charge in [0, 0.05) is 18.9 Å². The smallest absolute Gasteiger partial charge is 0.304 e. The highest BCUT2D eigenvalue weighted by Gasteiger charge is 2.35. The van der Waals surface area contributed by atoms with Gasteiger partial charge in [0.15, 0.2) is 5.69 Å². The van der Waals surface area contributed by atoms with Crippen LogP contribution in [0.5, 0.6) is 0 Å². The van der Waals surface area contributed by atoms with Gasteiger partial charge in [-0.2, -0.15) is 0 Å². The first kappa shape index (κ1) is 15.0. The van der Waals surface area contributed by atoms with Crippen LogP contribution in [0, 0.1) is 0 Å². The first-order valence-electron chi connectivity index (χ1n) is 5.82. The number of carbonyl (C=O) groups is 4. The first-order valence-corrected chi connectivity index (χ1v) is 6.81. The SMILES string of the molecule is CNC(=O)c1noc2c1C(=O)C(SCCC(=O)O)=CC2=O. The quantitative estimate of drug-likeness (QED) is 0.805. The lowest BCUT2D eigenvalue weighted by molar-refractivity contribution is -0.136. The minimum absolute atomic E-state index is 0.0714. The Labute approximate surface area is 122 Å². The van der Waals surface area contributed by atoms with Crippen LogP contribution in [0.2, 0.25) is 0 Å². The molecule has 1 amide bonds. The number of amides is 1. The molecule has 1 aromatic rings. The van der Waals surface area contributed by atoms with Crippen molar-refractivity contribution < 1.29 is 28.8 Å². The molecule has 1 aliphatic rings. The molecular formula is C12H10N2O6S. The molecular weight excluding hydrogens is 300 g/mol. The number of allylic oxidation sites excluding steroid dienone is 2. The van der Waals surface area contributed by atoms with Gasteiger partial charge in [0.25, 0.3) is 5.91 Å². The Morgan fingerprint density at radius 1 is 1.43 bits per heavy atom. The fourth-order valence-electron chi connectivity index (χ4n) is 1.67. The van der Waals surface area contributed by atoms with Gasteiger partial charge in [-0.3, -0.25) is 19.2 Å². The number of hydrogen-bond acceptors (Lipinski definition) is 7. The zero-order valence-electron chi connectivity index (χ0n) is 10.8. The van der Waals surface area contributed by atoms with Crippen molar-refractivity contribution in [3.8, 4) is 0 Å². The lowest BCUT2D eigenvalue weighted by atomic mass is 10.00. The molecule has 0 aliphatic heterocycles. The zero-order valence-corrected chi connectivity index (χ0v) is 11.7. The number of fused-ring (bicyclic) bond motifs is 1. The lowest BCUT2D eigenvalue weighted by Gasteiger charge is -2.09. The second kappa shape index (κ2) is 5.92. The van der Waals surface area contributed by atoms with Crippen LogP contribution >= 0.6 is 11.8 Å². The number of aliphatic carboxylic acids is 1. The first-order chi connectivity index (χ1) is 9.95. The van der Waals surface area contributed by atoms with Crippen molar-refractivity contribution in [2.45, 2.75) is 6.42 Å². The van der Waals surface area contributed by atoms with Crippen LogP contribution in [0.1, 0.15) is 37.8 Å². The summed E-state index contributed by atoms with van der Waals surface area (Å²) in [4.78, 5) is 46.3. The number of nitrogens with one attached hydrogen (secondary N) is 1. The predicted octanol–water partition coefficient (Wildman–Crippen LogP) is 0.505. The van der Waals surface area contributed by atoms with Gasteiger partial charge < -0.3 is 14.9 Å². The molecule has 2 N–H and O–H groups in total. The summed E-state index contributed by atoms with van der Waals surface area (Å²) in [6.45, 7) is 0. The molecule has 0 saturated carbocycles. The Kier molecular flexibility index (Phi) is 4.22. The molecule has 0 radical (unpaired) electrons. The van der Waals surface area contributed by atoms with E-state index in [4.69, 9.17) is 9.63 Å². The van der Waals surface area contributed by atoms with E-state index in [0.29, 0.717) is 0 Å². The summed E-state index contributed by atoms with van der Waals surface area (Å²) in [5.74, 6) is -2.94. The number of nitrogens with zero attached hydrogens (tertiary/aromatic N) is 1. The fourth-order valence-corrected chi connectivity index (χ4v) is 2.59. The summed E-state index contributed by atoms with van der Waals surface area (Å²) in [5, 5.41) is 14.3. The molecule has 0 spiro atoms. The maximum Gasteiger partial charge on any atom is 0.304 e. The van der Waals surface area contributed by atoms with Crippen molar-refractivity contribution in [3.63, 3.8) is 0 Å². The highest BCUT2D eigenvalue weighted by molar-refractivity contribution is 8.04. The molecule has 0 bridgehead atoms. The molecule has 0 saturated heterocycles. The number of thioether (sulfide) groups is 1. The monoisotopic (exact) mass is 310 g/mol. The van der Waals surface area contributed by atoms with Gasteiger partial charge in [0.2, 0.25) is 17.3 Å². The van der Waals surface area contributed by atoms with Gasteiger partial charge >= 0.3 is 5.97 Å². The molecule has 0 aromatic carbocycles. The summed E-state index contributed by atoms with van der Waals surface area (Å²) >= 11 is 0.941. The maximum atomic E-state index is 12.3. The molecule has 1 aliphatic carbocycles. The minimum Gasteiger partial charge on any atom is -0.481 e. The number of aromatic nitrogens is 1. The van der Waals surface area contributed by atoms with E-state index < -0.39 is 23.4 Å². The molecule has 9 heteroatoms. The van der Waals surface area contributed by atoms with E-state index in [1.165, 1.54) is 7.05 Å². The molecule has 0 atom stereocenters. The summed E-state index contributed by atoms with van der Waals surface area (Å²) in [6, 6.07) is 0. The standard InChI is InChI=1S/C12H10N2O6S/c1-13-12(19)9-8-10(18)6(21-3-2-7(16)17)4-5(15)11(8)20-14-9/h4H,2-3H2,1H3,(H,13,19)(H,16,17). The third-order valence-electron chi connectivity index (χ3n) is 2.64. The number of Topliss-reactive ketones (excluding diaryl/α,β-unsaturated/α-hetero) is 1. The predicted molar refractivity (Wildman–Crippen MR) is 71.3 cm³/mol. The van der Waals surface area contributed by atoms with Crippen LogP contribution in [-0.4, -0.2) is 46.5 Å². The van der Waals surface area contributed by atoms with Crippen LogP contribution in [0.3, 0.4) is 0 Å². The lowest BCUT2D eigenvalue weighted by Crippen LogP contribution is -2.23. The van der Waals surface area contributed by atoms with Crippen LogP contribution in [0.25, 0.3) is 0 Å². The van der Waals surface area contributed by atoms with Crippen LogP contribution < -0.4 is 5.32 Å². The Bertz CT molecular complexity index is 675. The Morgan fingerprint density at radius 3 is 2.76 bits per heavy atom. The number of ketones is 2.